The Morgan fingerprint density at radius 3 is 2.30 bits per heavy atom. The molecule has 2 aromatic carbocycles. The first-order valence-electron chi connectivity index (χ1n) is 14.5. The number of carbonyl (C=O) groups excluding carboxylic acids is 2. The minimum Gasteiger partial charge on any atom is -0.492 e. The van der Waals surface area contributed by atoms with Crippen molar-refractivity contribution >= 4 is 34.8 Å². The number of likely N-dealkylation sites (N-methyl/N-ethyl adjacent to an activating group) is 1. The van der Waals surface area contributed by atoms with E-state index in [9.17, 15) is 32.7 Å². The number of aliphatic carboxylic acids is 1. The van der Waals surface area contributed by atoms with Crippen molar-refractivity contribution in [2.75, 3.05) is 53.0 Å². The van der Waals surface area contributed by atoms with E-state index in [1.807, 2.05) is 25.1 Å². The van der Waals surface area contributed by atoms with Crippen LogP contribution in [0.2, 0.25) is 0 Å². The van der Waals surface area contributed by atoms with Crippen molar-refractivity contribution in [1.29, 1.82) is 0 Å². The quantitative estimate of drug-likeness (QED) is 0.395. The zero-order chi connectivity index (χ0) is 33.4. The Morgan fingerprint density at radius 1 is 1.04 bits per heavy atom. The van der Waals surface area contributed by atoms with E-state index < -0.39 is 23.5 Å². The van der Waals surface area contributed by atoms with Crippen LogP contribution in [0.1, 0.15) is 34.1 Å². The number of aromatic carboxylic acids is 1. The van der Waals surface area contributed by atoms with Crippen LogP contribution in [0.5, 0.6) is 5.75 Å². The van der Waals surface area contributed by atoms with E-state index in [1.54, 1.807) is 36.2 Å². The van der Waals surface area contributed by atoms with Crippen molar-refractivity contribution in [3.8, 4) is 5.75 Å². The third kappa shape index (κ3) is 6.37. The van der Waals surface area contributed by atoms with Gasteiger partial charge in [-0.25, -0.2) is 14.4 Å². The summed E-state index contributed by atoms with van der Waals surface area (Å²) in [4.78, 5) is 52.0. The van der Waals surface area contributed by atoms with E-state index in [0.717, 1.165) is 66.3 Å². The number of nitrogens with zero attached hydrogens (tertiary/aromatic N) is 4. The van der Waals surface area contributed by atoms with Gasteiger partial charge < -0.3 is 29.2 Å². The molecule has 46 heavy (non-hydrogen) atoms. The van der Waals surface area contributed by atoms with Crippen molar-refractivity contribution in [3.05, 3.63) is 64.8 Å². The molecule has 3 aliphatic heterocycles. The van der Waals surface area contributed by atoms with Crippen molar-refractivity contribution in [3.63, 3.8) is 0 Å². The number of imide groups is 1. The molecule has 3 amide bonds. The van der Waals surface area contributed by atoms with Gasteiger partial charge in [-0.3, -0.25) is 14.6 Å². The predicted octanol–water partition coefficient (Wildman–Crippen LogP) is 3.40. The van der Waals surface area contributed by atoms with Gasteiger partial charge in [0.05, 0.1) is 30.7 Å². The number of urea groups is 1. The monoisotopic (exact) mass is 646 g/mol. The Bertz CT molecular complexity index is 1670. The Morgan fingerprint density at radius 2 is 1.70 bits per heavy atom. The van der Waals surface area contributed by atoms with Crippen LogP contribution in [0.15, 0.2) is 42.5 Å². The normalized spacial score (nSPS) is 19.8. The lowest BCUT2D eigenvalue weighted by Crippen LogP contribution is -2.63. The zero-order valence-corrected chi connectivity index (χ0v) is 25.2. The van der Waals surface area contributed by atoms with Crippen molar-refractivity contribution < 1.29 is 52.0 Å². The molecule has 2 N–H and O–H groups in total. The number of fused-ring (bicyclic) bond motifs is 6. The molecule has 0 spiro atoms. The number of aromatic nitrogens is 1. The van der Waals surface area contributed by atoms with E-state index in [0.29, 0.717) is 26.2 Å². The summed E-state index contributed by atoms with van der Waals surface area (Å²) in [6.07, 6.45) is -5.08. The van der Waals surface area contributed by atoms with Crippen molar-refractivity contribution in [1.82, 2.24) is 19.3 Å². The number of rotatable bonds is 7. The number of benzene rings is 2. The van der Waals surface area contributed by atoms with Gasteiger partial charge in [0.25, 0.3) is 0 Å². The number of ether oxygens (including phenoxy) is 2. The Balaban J connectivity index is 0.000000537. The predicted molar refractivity (Wildman–Crippen MR) is 157 cm³/mol. The molecule has 1 atom stereocenters. The maximum atomic E-state index is 13.5. The summed E-state index contributed by atoms with van der Waals surface area (Å²) < 4.78 is 45.5. The van der Waals surface area contributed by atoms with Crippen molar-refractivity contribution in [2.24, 2.45) is 0 Å². The van der Waals surface area contributed by atoms with E-state index in [2.05, 4.69) is 9.47 Å². The van der Waals surface area contributed by atoms with Gasteiger partial charge >= 0.3 is 24.1 Å². The first-order chi connectivity index (χ1) is 21.7. The first kappa shape index (κ1) is 32.8. The summed E-state index contributed by atoms with van der Waals surface area (Å²) in [5, 5.41) is 17.4. The summed E-state index contributed by atoms with van der Waals surface area (Å²) >= 11 is 0. The molecule has 15 heteroatoms. The highest BCUT2D eigenvalue weighted by Crippen LogP contribution is 2.45. The molecule has 0 saturated carbocycles. The summed E-state index contributed by atoms with van der Waals surface area (Å²) in [5.74, 6) is -3.21. The lowest BCUT2D eigenvalue weighted by atomic mass is 9.75. The molecule has 246 valence electrons. The van der Waals surface area contributed by atoms with Crippen LogP contribution in [0, 0.1) is 0 Å². The molecule has 6 rings (SSSR count). The number of carbonyl (C=O) groups is 4. The standard InChI is InChI=1S/C29H32N4O6.C2HF3O2/c1-29-18-32(28(37)30(2)27(29)36)17-24-25(29)22-15-21(39-14-11-31-9-12-38-13-10-31)7-8-23(22)33(24)16-19-3-5-20(6-4-19)26(34)35;3-2(4,5)1(6)7/h3-8,15H,9-14,16-18H2,1-2H3,(H,34,35);(H,6,7)/t29-;/m0./s1. The van der Waals surface area contributed by atoms with Gasteiger partial charge in [-0.2, -0.15) is 13.2 Å². The summed E-state index contributed by atoms with van der Waals surface area (Å²) in [7, 11) is 1.55. The molecule has 0 unspecified atom stereocenters. The number of hydrogen-bond acceptors (Lipinski definition) is 7. The molecule has 2 fully saturated rings. The van der Waals surface area contributed by atoms with Gasteiger partial charge in [0.2, 0.25) is 5.91 Å². The minimum atomic E-state index is -5.08. The summed E-state index contributed by atoms with van der Waals surface area (Å²) in [6.45, 7) is 7.75. The van der Waals surface area contributed by atoms with E-state index >= 15 is 0 Å². The molecular formula is C31H33F3N4O8. The third-order valence-electron chi connectivity index (χ3n) is 8.44. The fourth-order valence-electron chi connectivity index (χ4n) is 6.17. The van der Waals surface area contributed by atoms with Gasteiger partial charge in [0.15, 0.2) is 0 Å². The third-order valence-corrected chi connectivity index (χ3v) is 8.44. The molecule has 3 aliphatic rings. The van der Waals surface area contributed by atoms with E-state index in [1.165, 1.54) is 4.90 Å². The molecular weight excluding hydrogens is 613 g/mol. The van der Waals surface area contributed by atoms with Gasteiger partial charge in [-0.15, -0.1) is 0 Å². The van der Waals surface area contributed by atoms with E-state index in [4.69, 9.17) is 19.4 Å². The van der Waals surface area contributed by atoms with Gasteiger partial charge in [-0.05, 0) is 48.4 Å². The Labute approximate surface area is 261 Å². The van der Waals surface area contributed by atoms with Crippen LogP contribution in [0.25, 0.3) is 10.9 Å². The second-order valence-electron chi connectivity index (χ2n) is 11.5. The average Bonchev–Trinajstić information content (AvgIpc) is 3.33. The minimum absolute atomic E-state index is 0.215. The SMILES string of the molecule is CN1C(=O)N2Cc3c(c4cc(OCCN5CCOCC5)ccc4n3Cc3ccc(C(=O)O)cc3)[C@](C)(C2)C1=O.O=C(O)C(F)(F)F. The number of alkyl halides is 3. The van der Waals surface area contributed by atoms with Gasteiger partial charge in [0, 0.05) is 56.4 Å². The number of hydrogen-bond donors (Lipinski definition) is 2. The average molecular weight is 647 g/mol. The highest BCUT2D eigenvalue weighted by atomic mass is 19.4. The summed E-state index contributed by atoms with van der Waals surface area (Å²) in [5.41, 5.74) is 3.06. The number of morpholine rings is 1. The topological polar surface area (TPSA) is 142 Å². The number of carboxylic acids is 2. The molecule has 1 aromatic heterocycles. The molecule has 12 nitrogen and oxygen atoms in total. The molecule has 2 bridgehead atoms. The first-order valence-corrected chi connectivity index (χ1v) is 14.5. The lowest BCUT2D eigenvalue weighted by molar-refractivity contribution is -0.192. The highest BCUT2D eigenvalue weighted by molar-refractivity contribution is 6.06. The molecule has 0 radical (unpaired) electrons. The summed E-state index contributed by atoms with van der Waals surface area (Å²) in [6, 6.07) is 12.5. The molecule has 3 aromatic rings. The van der Waals surface area contributed by atoms with Gasteiger partial charge in [-0.1, -0.05) is 12.1 Å². The number of halogens is 3. The second-order valence-corrected chi connectivity index (χ2v) is 11.5. The maximum absolute atomic E-state index is 13.5. The largest absolute Gasteiger partial charge is 0.492 e. The van der Waals surface area contributed by atoms with Crippen LogP contribution >= 0.6 is 0 Å². The lowest BCUT2D eigenvalue weighted by Gasteiger charge is -2.47. The smallest absolute Gasteiger partial charge is 0.490 e. The maximum Gasteiger partial charge on any atom is 0.490 e. The molecule has 4 heterocycles. The number of amides is 3. The highest BCUT2D eigenvalue weighted by Gasteiger charge is 2.53. The number of carboxylic acid groups (broad SMARTS) is 2. The van der Waals surface area contributed by atoms with Crippen molar-refractivity contribution in [2.45, 2.75) is 31.6 Å². The van der Waals surface area contributed by atoms with Crippen LogP contribution < -0.4 is 4.74 Å². The Hall–Kier alpha value is -4.63. The fraction of sp³-hybridized carbons (Fsp3) is 0.419. The fourth-order valence-corrected chi connectivity index (χ4v) is 6.17. The molecule has 0 aliphatic carbocycles. The van der Waals surface area contributed by atoms with Crippen LogP contribution in [0.4, 0.5) is 18.0 Å². The van der Waals surface area contributed by atoms with Crippen LogP contribution in [-0.4, -0.2) is 113 Å². The second kappa shape index (κ2) is 12.6. The van der Waals surface area contributed by atoms with Crippen LogP contribution in [-0.2, 0) is 32.8 Å². The van der Waals surface area contributed by atoms with E-state index in [-0.39, 0.29) is 17.5 Å². The molecule has 2 saturated heterocycles. The van der Waals surface area contributed by atoms with Crippen LogP contribution in [0.3, 0.4) is 0 Å². The van der Waals surface area contributed by atoms with Gasteiger partial charge in [0.1, 0.15) is 12.4 Å². The Kier molecular flexibility index (Phi) is 9.00. The zero-order valence-electron chi connectivity index (χ0n) is 25.2.